The van der Waals surface area contributed by atoms with Crippen LogP contribution < -0.4 is 29.3 Å². The first kappa shape index (κ1) is 17.0. The number of aliphatic hydroxyl groups is 1. The van der Waals surface area contributed by atoms with E-state index in [-0.39, 0.29) is 36.5 Å². The average molecular weight is 468 g/mol. The largest absolute Gasteiger partial charge is 1.00 e. The number of nitro groups is 1. The number of nitrogens with two attached hydrogens (primary N) is 1. The third kappa shape index (κ3) is 5.92. The molecule has 0 radical (unpaired) electrons. The topological polar surface area (TPSA) is 97.8 Å². The summed E-state index contributed by atoms with van der Waals surface area (Å²) >= 11 is 2.25. The minimum atomic E-state index is -0.601. The third-order valence-electron chi connectivity index (χ3n) is 2.02. The number of alkyl halides is 1. The van der Waals surface area contributed by atoms with Crippen molar-refractivity contribution in [3.05, 3.63) is 22.5 Å². The lowest BCUT2D eigenvalue weighted by Crippen LogP contribution is -3.00. The maximum Gasteiger partial charge on any atom is 0.434 e. The zero-order valence-electron chi connectivity index (χ0n) is 9.00. The summed E-state index contributed by atoms with van der Waals surface area (Å²) in [5.74, 6) is -0.229. The molecule has 0 saturated heterocycles. The minimum absolute atomic E-state index is 0. The van der Waals surface area contributed by atoms with Gasteiger partial charge in [0, 0.05) is 4.43 Å². The summed E-state index contributed by atoms with van der Waals surface area (Å²) in [5, 5.41) is 22.2. The number of hydrogen-bond acceptors (Lipinski definition) is 4. The van der Waals surface area contributed by atoms with E-state index in [4.69, 9.17) is 0 Å². The Bertz CT molecular complexity index is 347. The van der Waals surface area contributed by atoms with Gasteiger partial charge in [-0.15, -0.1) is 0 Å². The van der Waals surface area contributed by atoms with Crippen LogP contribution in [0, 0.1) is 10.1 Å². The molecule has 7 nitrogen and oxygen atoms in total. The third-order valence-corrected chi connectivity index (χ3v) is 2.64. The number of nitrogens with zero attached hydrogens (tertiary/aromatic N) is 3. The SMILES string of the molecule is O=[N+]([O-])c1nccn1CC(O)C[NH2+]CCI.[I-]. The number of rotatable bonds is 7. The lowest BCUT2D eigenvalue weighted by Gasteiger charge is -2.08. The van der Waals surface area contributed by atoms with E-state index in [1.54, 1.807) is 0 Å². The average Bonchev–Trinajstić information content (AvgIpc) is 2.66. The number of aromatic nitrogens is 2. The standard InChI is InChI=1S/C8H13IN4O3.HI/c9-1-2-10-5-7(14)6-12-4-3-11-8(12)13(15)16;/h3-4,7,10,14H,1-2,5-6H2;1H. The van der Waals surface area contributed by atoms with Gasteiger partial charge in [0.2, 0.25) is 0 Å². The molecule has 0 saturated carbocycles. The van der Waals surface area contributed by atoms with E-state index in [1.807, 2.05) is 5.32 Å². The highest BCUT2D eigenvalue weighted by atomic mass is 127. The summed E-state index contributed by atoms with van der Waals surface area (Å²) in [6.45, 7) is 1.68. The van der Waals surface area contributed by atoms with Crippen LogP contribution in [0.15, 0.2) is 12.4 Å². The summed E-state index contributed by atoms with van der Waals surface area (Å²) in [5.41, 5.74) is 0. The van der Waals surface area contributed by atoms with E-state index >= 15 is 0 Å². The molecule has 0 fully saturated rings. The molecule has 1 aromatic heterocycles. The minimum Gasteiger partial charge on any atom is -1.00 e. The highest BCUT2D eigenvalue weighted by molar-refractivity contribution is 14.1. The van der Waals surface area contributed by atoms with Gasteiger partial charge < -0.3 is 44.5 Å². The van der Waals surface area contributed by atoms with Gasteiger partial charge in [-0.3, -0.25) is 0 Å². The van der Waals surface area contributed by atoms with E-state index in [9.17, 15) is 15.2 Å². The summed E-state index contributed by atoms with van der Waals surface area (Å²) in [6.07, 6.45) is 2.26. The molecule has 98 valence electrons. The second-order valence-corrected chi connectivity index (χ2v) is 4.37. The molecule has 0 bridgehead atoms. The monoisotopic (exact) mass is 468 g/mol. The quantitative estimate of drug-likeness (QED) is 0.141. The molecule has 0 aliphatic carbocycles. The molecule has 1 heterocycles. The molecule has 0 spiro atoms. The lowest BCUT2D eigenvalue weighted by molar-refractivity contribution is -0.656. The molecule has 0 amide bonds. The van der Waals surface area contributed by atoms with Crippen LogP contribution in [0.25, 0.3) is 0 Å². The fourth-order valence-electron chi connectivity index (χ4n) is 1.30. The Labute approximate surface area is 129 Å². The Hall–Kier alpha value is -0.0100. The molecule has 1 rings (SSSR count). The summed E-state index contributed by atoms with van der Waals surface area (Å²) in [7, 11) is 0. The number of aliphatic hydroxyl groups excluding tert-OH is 1. The smallest absolute Gasteiger partial charge is 0.434 e. The molecule has 1 unspecified atom stereocenters. The summed E-state index contributed by atoms with van der Waals surface area (Å²) in [4.78, 5) is 13.6. The molecular formula is C8H14I2N4O3. The fraction of sp³-hybridized carbons (Fsp3) is 0.625. The Balaban J connectivity index is 0.00000256. The van der Waals surface area contributed by atoms with Crippen molar-refractivity contribution in [3.63, 3.8) is 0 Å². The Morgan fingerprint density at radius 3 is 3.00 bits per heavy atom. The van der Waals surface area contributed by atoms with Gasteiger partial charge in [-0.05, 0) is 4.92 Å². The Morgan fingerprint density at radius 1 is 1.71 bits per heavy atom. The van der Waals surface area contributed by atoms with Crippen LogP contribution in [0.2, 0.25) is 0 Å². The van der Waals surface area contributed by atoms with Crippen molar-refractivity contribution in [2.75, 3.05) is 17.5 Å². The van der Waals surface area contributed by atoms with Gasteiger partial charge in [0.1, 0.15) is 31.6 Å². The number of quaternary nitrogens is 1. The number of halogens is 2. The van der Waals surface area contributed by atoms with Crippen molar-refractivity contribution < 1.29 is 39.3 Å². The molecule has 17 heavy (non-hydrogen) atoms. The molecule has 0 aromatic carbocycles. The van der Waals surface area contributed by atoms with Gasteiger partial charge >= 0.3 is 5.95 Å². The molecule has 0 aliphatic rings. The highest BCUT2D eigenvalue weighted by Gasteiger charge is 2.17. The van der Waals surface area contributed by atoms with Crippen molar-refractivity contribution in [1.82, 2.24) is 9.55 Å². The van der Waals surface area contributed by atoms with Crippen LogP contribution in [0.3, 0.4) is 0 Å². The molecule has 1 atom stereocenters. The van der Waals surface area contributed by atoms with Gasteiger partial charge in [-0.1, -0.05) is 27.6 Å². The van der Waals surface area contributed by atoms with Crippen LogP contribution in [0.1, 0.15) is 0 Å². The van der Waals surface area contributed by atoms with Crippen LogP contribution in [-0.2, 0) is 6.54 Å². The van der Waals surface area contributed by atoms with Gasteiger partial charge in [0.15, 0.2) is 0 Å². The number of imidazole rings is 1. The van der Waals surface area contributed by atoms with E-state index in [2.05, 4.69) is 27.6 Å². The van der Waals surface area contributed by atoms with Crippen molar-refractivity contribution >= 4 is 28.5 Å². The Kier molecular flexibility index (Phi) is 8.99. The second kappa shape index (κ2) is 8.99. The molecular weight excluding hydrogens is 454 g/mol. The fourth-order valence-corrected chi connectivity index (χ4v) is 1.75. The molecule has 0 aliphatic heterocycles. The maximum absolute atomic E-state index is 10.6. The van der Waals surface area contributed by atoms with Crippen molar-refractivity contribution in [2.45, 2.75) is 12.6 Å². The summed E-state index contributed by atoms with van der Waals surface area (Å²) in [6, 6.07) is 0. The maximum atomic E-state index is 10.6. The molecule has 9 heteroatoms. The van der Waals surface area contributed by atoms with Crippen LogP contribution in [-0.4, -0.2) is 43.2 Å². The van der Waals surface area contributed by atoms with E-state index in [0.717, 1.165) is 11.0 Å². The van der Waals surface area contributed by atoms with Crippen LogP contribution in [0.5, 0.6) is 0 Å². The van der Waals surface area contributed by atoms with Crippen LogP contribution >= 0.6 is 22.6 Å². The van der Waals surface area contributed by atoms with Crippen molar-refractivity contribution in [2.24, 2.45) is 0 Å². The predicted octanol–water partition coefficient (Wildman–Crippen LogP) is -3.85. The van der Waals surface area contributed by atoms with E-state index in [1.165, 1.54) is 17.0 Å². The predicted molar refractivity (Wildman–Crippen MR) is 65.4 cm³/mol. The zero-order valence-corrected chi connectivity index (χ0v) is 13.3. The van der Waals surface area contributed by atoms with Crippen molar-refractivity contribution in [3.8, 4) is 0 Å². The highest BCUT2D eigenvalue weighted by Crippen LogP contribution is 2.07. The van der Waals surface area contributed by atoms with E-state index in [0.29, 0.717) is 6.54 Å². The van der Waals surface area contributed by atoms with Gasteiger partial charge in [0.05, 0.1) is 6.54 Å². The first-order valence-corrected chi connectivity index (χ1v) is 6.39. The van der Waals surface area contributed by atoms with Gasteiger partial charge in [0.25, 0.3) is 0 Å². The van der Waals surface area contributed by atoms with Gasteiger partial charge in [-0.25, -0.2) is 4.57 Å². The second-order valence-electron chi connectivity index (χ2n) is 3.29. The normalized spacial score (nSPS) is 11.9. The Morgan fingerprint density at radius 2 is 2.41 bits per heavy atom. The molecule has 3 N–H and O–H groups in total. The molecule has 1 aromatic rings. The zero-order chi connectivity index (χ0) is 12.0. The van der Waals surface area contributed by atoms with Gasteiger partial charge in [-0.2, -0.15) is 0 Å². The number of hydrogen-bond donors (Lipinski definition) is 2. The van der Waals surface area contributed by atoms with Crippen molar-refractivity contribution in [1.29, 1.82) is 0 Å². The summed E-state index contributed by atoms with van der Waals surface area (Å²) < 4.78 is 2.36. The first-order chi connectivity index (χ1) is 7.65. The lowest BCUT2D eigenvalue weighted by atomic mass is 10.3. The first-order valence-electron chi connectivity index (χ1n) is 4.86. The van der Waals surface area contributed by atoms with Crippen LogP contribution in [0.4, 0.5) is 5.95 Å². The van der Waals surface area contributed by atoms with E-state index < -0.39 is 11.0 Å².